The summed E-state index contributed by atoms with van der Waals surface area (Å²) in [5, 5.41) is 3.22. The van der Waals surface area contributed by atoms with Gasteiger partial charge in [-0.2, -0.15) is 0 Å². The van der Waals surface area contributed by atoms with Crippen molar-refractivity contribution in [3.05, 3.63) is 0 Å². The number of amides is 2. The molecular formula is C11H19N3O3. The highest BCUT2D eigenvalue weighted by molar-refractivity contribution is 5.88. The van der Waals surface area contributed by atoms with E-state index in [1.165, 1.54) is 0 Å². The van der Waals surface area contributed by atoms with E-state index >= 15 is 0 Å². The number of rotatable bonds is 2. The van der Waals surface area contributed by atoms with E-state index in [0.717, 1.165) is 25.9 Å². The Morgan fingerprint density at radius 3 is 2.65 bits per heavy atom. The second-order valence-electron chi connectivity index (χ2n) is 4.55. The number of primary amides is 1. The Kier molecular flexibility index (Phi) is 3.96. The molecular weight excluding hydrogens is 222 g/mol. The monoisotopic (exact) mass is 241 g/mol. The molecule has 0 radical (unpaired) electrons. The van der Waals surface area contributed by atoms with E-state index in [-0.39, 0.29) is 18.4 Å². The van der Waals surface area contributed by atoms with Crippen molar-refractivity contribution in [2.45, 2.75) is 18.9 Å². The van der Waals surface area contributed by atoms with Crippen LogP contribution in [0.2, 0.25) is 0 Å². The summed E-state index contributed by atoms with van der Waals surface area (Å²) in [7, 11) is 0. The maximum Gasteiger partial charge on any atom is 0.242 e. The van der Waals surface area contributed by atoms with Crippen molar-refractivity contribution in [3.8, 4) is 0 Å². The first-order valence-corrected chi connectivity index (χ1v) is 6.08. The fraction of sp³-hybridized carbons (Fsp3) is 0.818. The number of carbonyl (C=O) groups excluding carboxylic acids is 2. The van der Waals surface area contributed by atoms with E-state index in [0.29, 0.717) is 13.2 Å². The molecule has 2 aliphatic rings. The lowest BCUT2D eigenvalue weighted by Crippen LogP contribution is -2.56. The fourth-order valence-electron chi connectivity index (χ4n) is 2.41. The van der Waals surface area contributed by atoms with Crippen LogP contribution in [0.25, 0.3) is 0 Å². The molecule has 0 saturated carbocycles. The van der Waals surface area contributed by atoms with Crippen LogP contribution >= 0.6 is 0 Å². The summed E-state index contributed by atoms with van der Waals surface area (Å²) in [5.74, 6) is -0.401. The lowest BCUT2D eigenvalue weighted by atomic mass is 9.95. The highest BCUT2D eigenvalue weighted by atomic mass is 16.5. The predicted molar refractivity (Wildman–Crippen MR) is 61.1 cm³/mol. The van der Waals surface area contributed by atoms with Crippen molar-refractivity contribution in [2.24, 2.45) is 11.7 Å². The molecule has 2 saturated heterocycles. The van der Waals surface area contributed by atoms with Gasteiger partial charge in [0, 0.05) is 12.5 Å². The van der Waals surface area contributed by atoms with Crippen molar-refractivity contribution >= 4 is 11.8 Å². The van der Waals surface area contributed by atoms with Crippen LogP contribution in [0.4, 0.5) is 0 Å². The number of morpholine rings is 1. The minimum absolute atomic E-state index is 0.0243. The zero-order valence-electron chi connectivity index (χ0n) is 9.85. The van der Waals surface area contributed by atoms with E-state index in [1.807, 2.05) is 0 Å². The second kappa shape index (κ2) is 5.46. The topological polar surface area (TPSA) is 84.7 Å². The highest BCUT2D eigenvalue weighted by Gasteiger charge is 2.35. The number of piperidine rings is 1. The van der Waals surface area contributed by atoms with Gasteiger partial charge in [0.15, 0.2) is 0 Å². The summed E-state index contributed by atoms with van der Waals surface area (Å²) < 4.78 is 5.20. The van der Waals surface area contributed by atoms with Crippen LogP contribution < -0.4 is 11.1 Å². The third-order valence-corrected chi connectivity index (χ3v) is 3.43. The molecule has 0 aromatic rings. The third-order valence-electron chi connectivity index (χ3n) is 3.43. The lowest BCUT2D eigenvalue weighted by Gasteiger charge is -2.36. The van der Waals surface area contributed by atoms with Crippen LogP contribution in [0.1, 0.15) is 12.8 Å². The molecule has 2 aliphatic heterocycles. The average molecular weight is 241 g/mol. The van der Waals surface area contributed by atoms with Gasteiger partial charge in [-0.3, -0.25) is 9.59 Å². The molecule has 1 atom stereocenters. The number of nitrogens with zero attached hydrogens (tertiary/aromatic N) is 1. The maximum absolute atomic E-state index is 12.3. The van der Waals surface area contributed by atoms with Crippen LogP contribution in [-0.4, -0.2) is 55.6 Å². The zero-order chi connectivity index (χ0) is 12.3. The summed E-state index contributed by atoms with van der Waals surface area (Å²) >= 11 is 0. The molecule has 0 bridgehead atoms. The molecule has 96 valence electrons. The van der Waals surface area contributed by atoms with Gasteiger partial charge in [-0.25, -0.2) is 0 Å². The molecule has 3 N–H and O–H groups in total. The molecule has 1 unspecified atom stereocenters. The Morgan fingerprint density at radius 2 is 2.00 bits per heavy atom. The Hall–Kier alpha value is -1.14. The Labute approximate surface area is 100 Å². The molecule has 2 heterocycles. The first-order chi connectivity index (χ1) is 8.20. The van der Waals surface area contributed by atoms with Gasteiger partial charge < -0.3 is 20.7 Å². The standard InChI is InChI=1S/C11H19N3O3/c12-10(15)9-7-17-6-5-14(9)11(16)8-1-3-13-4-2-8/h8-9,13H,1-7H2,(H2,12,15). The first kappa shape index (κ1) is 12.3. The van der Waals surface area contributed by atoms with E-state index in [4.69, 9.17) is 10.5 Å². The summed E-state index contributed by atoms with van der Waals surface area (Å²) in [6.07, 6.45) is 1.67. The van der Waals surface area contributed by atoms with Gasteiger partial charge in [0.2, 0.25) is 11.8 Å². The van der Waals surface area contributed by atoms with Gasteiger partial charge in [-0.05, 0) is 25.9 Å². The SMILES string of the molecule is NC(=O)C1COCCN1C(=O)C1CCNCC1. The van der Waals surface area contributed by atoms with Crippen molar-refractivity contribution in [1.29, 1.82) is 0 Å². The van der Waals surface area contributed by atoms with E-state index < -0.39 is 11.9 Å². The van der Waals surface area contributed by atoms with Crippen molar-refractivity contribution in [2.75, 3.05) is 32.8 Å². The van der Waals surface area contributed by atoms with Gasteiger partial charge in [0.25, 0.3) is 0 Å². The first-order valence-electron chi connectivity index (χ1n) is 6.08. The van der Waals surface area contributed by atoms with Crippen molar-refractivity contribution in [3.63, 3.8) is 0 Å². The molecule has 2 amide bonds. The van der Waals surface area contributed by atoms with Gasteiger partial charge >= 0.3 is 0 Å². The second-order valence-corrected chi connectivity index (χ2v) is 4.55. The van der Waals surface area contributed by atoms with Crippen molar-refractivity contribution < 1.29 is 14.3 Å². The smallest absolute Gasteiger partial charge is 0.242 e. The summed E-state index contributed by atoms with van der Waals surface area (Å²) in [5.41, 5.74) is 5.30. The number of hydrogen-bond donors (Lipinski definition) is 2. The predicted octanol–water partition coefficient (Wildman–Crippen LogP) is -1.30. The van der Waals surface area contributed by atoms with Gasteiger partial charge in [-0.1, -0.05) is 0 Å². The van der Waals surface area contributed by atoms with Crippen LogP contribution in [0.3, 0.4) is 0 Å². The van der Waals surface area contributed by atoms with Crippen LogP contribution in [0.15, 0.2) is 0 Å². The summed E-state index contributed by atoms with van der Waals surface area (Å²) in [6.45, 7) is 2.91. The molecule has 6 heteroatoms. The zero-order valence-corrected chi connectivity index (χ0v) is 9.85. The normalized spacial score (nSPS) is 26.8. The minimum Gasteiger partial charge on any atom is -0.377 e. The van der Waals surface area contributed by atoms with Gasteiger partial charge in [0.1, 0.15) is 6.04 Å². The molecule has 0 aromatic carbocycles. The average Bonchev–Trinajstić information content (AvgIpc) is 2.39. The van der Waals surface area contributed by atoms with E-state index in [2.05, 4.69) is 5.32 Å². The Morgan fingerprint density at radius 1 is 1.29 bits per heavy atom. The summed E-state index contributed by atoms with van der Waals surface area (Å²) in [4.78, 5) is 25.2. The minimum atomic E-state index is -0.592. The third kappa shape index (κ3) is 2.76. The quantitative estimate of drug-likeness (QED) is 0.629. The van der Waals surface area contributed by atoms with Crippen LogP contribution in [0.5, 0.6) is 0 Å². The molecule has 2 rings (SSSR count). The number of ether oxygens (including phenoxy) is 1. The highest BCUT2D eigenvalue weighted by Crippen LogP contribution is 2.18. The van der Waals surface area contributed by atoms with Crippen LogP contribution in [0, 0.1) is 5.92 Å². The molecule has 0 aromatic heterocycles. The maximum atomic E-state index is 12.3. The van der Waals surface area contributed by atoms with Gasteiger partial charge in [0.05, 0.1) is 13.2 Å². The number of nitrogens with two attached hydrogens (primary N) is 1. The molecule has 0 aliphatic carbocycles. The molecule has 2 fully saturated rings. The molecule has 0 spiro atoms. The molecule has 6 nitrogen and oxygen atoms in total. The van der Waals surface area contributed by atoms with Crippen LogP contribution in [-0.2, 0) is 14.3 Å². The largest absolute Gasteiger partial charge is 0.377 e. The number of carbonyl (C=O) groups is 2. The molecule has 17 heavy (non-hydrogen) atoms. The van der Waals surface area contributed by atoms with E-state index in [9.17, 15) is 9.59 Å². The number of nitrogens with one attached hydrogen (secondary N) is 1. The van der Waals surface area contributed by atoms with Gasteiger partial charge in [-0.15, -0.1) is 0 Å². The lowest BCUT2D eigenvalue weighted by molar-refractivity contribution is -0.151. The Bertz CT molecular complexity index is 302. The fourth-order valence-corrected chi connectivity index (χ4v) is 2.41. The Balaban J connectivity index is 2.02. The number of hydrogen-bond acceptors (Lipinski definition) is 4. The van der Waals surface area contributed by atoms with E-state index in [1.54, 1.807) is 4.90 Å². The van der Waals surface area contributed by atoms with Crippen molar-refractivity contribution in [1.82, 2.24) is 10.2 Å². The summed E-state index contributed by atoms with van der Waals surface area (Å²) in [6, 6.07) is -0.592.